The Morgan fingerprint density at radius 1 is 1.45 bits per heavy atom. The highest BCUT2D eigenvalue weighted by Gasteiger charge is 2.20. The zero-order valence-electron chi connectivity index (χ0n) is 13.6. The van der Waals surface area contributed by atoms with Crippen molar-refractivity contribution in [3.63, 3.8) is 0 Å². The van der Waals surface area contributed by atoms with Crippen molar-refractivity contribution in [2.24, 2.45) is 10.9 Å². The first-order chi connectivity index (χ1) is 9.02. The van der Waals surface area contributed by atoms with Crippen molar-refractivity contribution in [2.75, 3.05) is 53.4 Å². The fourth-order valence-corrected chi connectivity index (χ4v) is 2.27. The molecule has 0 radical (unpaired) electrons. The Bertz CT molecular complexity index is 284. The van der Waals surface area contributed by atoms with Gasteiger partial charge < -0.3 is 15.0 Å². The maximum absolute atomic E-state index is 5.80. The van der Waals surface area contributed by atoms with Crippen LogP contribution in [0.25, 0.3) is 0 Å². The van der Waals surface area contributed by atoms with E-state index in [1.54, 1.807) is 0 Å². The van der Waals surface area contributed by atoms with Crippen LogP contribution in [0.4, 0.5) is 0 Å². The fourth-order valence-electron chi connectivity index (χ4n) is 2.27. The molecular formula is C14H31IN4O. The lowest BCUT2D eigenvalue weighted by molar-refractivity contribution is -0.0262. The van der Waals surface area contributed by atoms with Crippen LogP contribution in [0, 0.1) is 5.92 Å². The van der Waals surface area contributed by atoms with E-state index in [0.717, 1.165) is 45.3 Å². The minimum Gasteiger partial charge on any atom is -0.374 e. The summed E-state index contributed by atoms with van der Waals surface area (Å²) >= 11 is 0. The molecule has 0 amide bonds. The van der Waals surface area contributed by atoms with E-state index >= 15 is 0 Å². The lowest BCUT2D eigenvalue weighted by Crippen LogP contribution is -2.45. The van der Waals surface area contributed by atoms with Gasteiger partial charge in [-0.3, -0.25) is 9.89 Å². The van der Waals surface area contributed by atoms with Crippen molar-refractivity contribution in [2.45, 2.75) is 26.9 Å². The van der Waals surface area contributed by atoms with Gasteiger partial charge in [-0.25, -0.2) is 0 Å². The zero-order valence-corrected chi connectivity index (χ0v) is 15.9. The minimum absolute atomic E-state index is 0. The van der Waals surface area contributed by atoms with Gasteiger partial charge in [0.05, 0.1) is 19.3 Å². The number of nitrogens with one attached hydrogen (secondary N) is 1. The molecule has 1 atom stereocenters. The fraction of sp³-hybridized carbons (Fsp3) is 0.929. The summed E-state index contributed by atoms with van der Waals surface area (Å²) in [6, 6.07) is 0. The Morgan fingerprint density at radius 3 is 2.70 bits per heavy atom. The summed E-state index contributed by atoms with van der Waals surface area (Å²) in [5.74, 6) is 1.65. The summed E-state index contributed by atoms with van der Waals surface area (Å²) in [6.07, 6.45) is 0.223. The third kappa shape index (κ3) is 7.64. The van der Waals surface area contributed by atoms with Crippen LogP contribution in [0.2, 0.25) is 0 Å². The molecule has 0 bridgehead atoms. The van der Waals surface area contributed by atoms with E-state index < -0.39 is 0 Å². The molecule has 0 aromatic heterocycles. The molecule has 1 N–H and O–H groups in total. The van der Waals surface area contributed by atoms with Crippen molar-refractivity contribution in [1.82, 2.24) is 15.1 Å². The highest BCUT2D eigenvalue weighted by molar-refractivity contribution is 14.0. The van der Waals surface area contributed by atoms with Gasteiger partial charge in [0.15, 0.2) is 5.96 Å². The maximum atomic E-state index is 5.80. The number of halogens is 1. The number of rotatable bonds is 5. The molecule has 0 aliphatic carbocycles. The van der Waals surface area contributed by atoms with Crippen LogP contribution in [-0.4, -0.2) is 75.3 Å². The molecule has 1 heterocycles. The summed E-state index contributed by atoms with van der Waals surface area (Å²) in [7, 11) is 4.02. The topological polar surface area (TPSA) is 40.1 Å². The zero-order chi connectivity index (χ0) is 14.3. The SMILES string of the molecule is CCNC(=NCC1CN(CC(C)C)CCO1)N(C)C.I. The quantitative estimate of drug-likeness (QED) is 0.433. The van der Waals surface area contributed by atoms with Crippen molar-refractivity contribution >= 4 is 29.9 Å². The summed E-state index contributed by atoms with van der Waals surface area (Å²) in [5.41, 5.74) is 0. The molecular weight excluding hydrogens is 367 g/mol. The van der Waals surface area contributed by atoms with Gasteiger partial charge in [0, 0.05) is 40.3 Å². The van der Waals surface area contributed by atoms with E-state index in [-0.39, 0.29) is 30.1 Å². The standard InChI is InChI=1S/C14H30N4O.HI/c1-6-15-14(17(4)5)16-9-13-11-18(7-8-19-13)10-12(2)3;/h12-13H,6-11H2,1-5H3,(H,15,16);1H. The second kappa shape index (κ2) is 10.6. The predicted octanol–water partition coefficient (Wildman–Crippen LogP) is 1.49. The Labute approximate surface area is 141 Å². The summed E-state index contributed by atoms with van der Waals surface area (Å²) in [5, 5.41) is 3.27. The Hall–Kier alpha value is -0.0800. The molecule has 0 spiro atoms. The maximum Gasteiger partial charge on any atom is 0.193 e. The number of nitrogens with zero attached hydrogens (tertiary/aromatic N) is 3. The molecule has 1 unspecified atom stereocenters. The minimum atomic E-state index is 0. The molecule has 1 saturated heterocycles. The van der Waals surface area contributed by atoms with E-state index in [2.05, 4.69) is 36.0 Å². The molecule has 0 aromatic carbocycles. The summed E-state index contributed by atoms with van der Waals surface area (Å²) < 4.78 is 5.80. The summed E-state index contributed by atoms with van der Waals surface area (Å²) in [6.45, 7) is 12.2. The van der Waals surface area contributed by atoms with Crippen LogP contribution >= 0.6 is 24.0 Å². The first kappa shape index (κ1) is 19.9. The second-order valence-corrected chi connectivity index (χ2v) is 5.74. The van der Waals surface area contributed by atoms with Crippen LogP contribution in [0.3, 0.4) is 0 Å². The normalized spacial score (nSPS) is 20.7. The van der Waals surface area contributed by atoms with Gasteiger partial charge in [-0.05, 0) is 12.8 Å². The highest BCUT2D eigenvalue weighted by atomic mass is 127. The number of morpholine rings is 1. The van der Waals surface area contributed by atoms with E-state index in [4.69, 9.17) is 4.74 Å². The predicted molar refractivity (Wildman–Crippen MR) is 96.1 cm³/mol. The number of ether oxygens (including phenoxy) is 1. The first-order valence-electron chi connectivity index (χ1n) is 7.32. The Kier molecular flexibility index (Phi) is 10.6. The Balaban J connectivity index is 0.00000361. The molecule has 6 heteroatoms. The van der Waals surface area contributed by atoms with Crippen LogP contribution in [0.1, 0.15) is 20.8 Å². The van der Waals surface area contributed by atoms with Gasteiger partial charge in [-0.2, -0.15) is 0 Å². The highest BCUT2D eigenvalue weighted by Crippen LogP contribution is 2.08. The van der Waals surface area contributed by atoms with E-state index in [0.29, 0.717) is 5.92 Å². The van der Waals surface area contributed by atoms with Gasteiger partial charge in [-0.1, -0.05) is 13.8 Å². The molecule has 1 fully saturated rings. The summed E-state index contributed by atoms with van der Waals surface area (Å²) in [4.78, 5) is 9.13. The van der Waals surface area contributed by atoms with Crippen molar-refractivity contribution in [1.29, 1.82) is 0 Å². The van der Waals surface area contributed by atoms with E-state index in [1.807, 2.05) is 19.0 Å². The number of hydrogen-bond acceptors (Lipinski definition) is 3. The third-order valence-electron chi connectivity index (χ3n) is 3.05. The van der Waals surface area contributed by atoms with Gasteiger partial charge in [0.25, 0.3) is 0 Å². The second-order valence-electron chi connectivity index (χ2n) is 5.74. The van der Waals surface area contributed by atoms with Crippen LogP contribution in [0.5, 0.6) is 0 Å². The van der Waals surface area contributed by atoms with Crippen LogP contribution < -0.4 is 5.32 Å². The van der Waals surface area contributed by atoms with E-state index in [9.17, 15) is 0 Å². The van der Waals surface area contributed by atoms with Gasteiger partial charge >= 0.3 is 0 Å². The number of hydrogen-bond donors (Lipinski definition) is 1. The molecule has 5 nitrogen and oxygen atoms in total. The molecule has 1 rings (SSSR count). The van der Waals surface area contributed by atoms with Crippen LogP contribution in [0.15, 0.2) is 4.99 Å². The number of guanidine groups is 1. The molecule has 0 saturated carbocycles. The molecule has 0 aromatic rings. The van der Waals surface area contributed by atoms with E-state index in [1.165, 1.54) is 0 Å². The van der Waals surface area contributed by atoms with Gasteiger partial charge in [-0.15, -0.1) is 24.0 Å². The molecule has 20 heavy (non-hydrogen) atoms. The first-order valence-corrected chi connectivity index (χ1v) is 7.32. The largest absolute Gasteiger partial charge is 0.374 e. The molecule has 1 aliphatic heterocycles. The van der Waals surface area contributed by atoms with Gasteiger partial charge in [0.2, 0.25) is 0 Å². The average Bonchev–Trinajstić information content (AvgIpc) is 2.33. The lowest BCUT2D eigenvalue weighted by atomic mass is 10.2. The van der Waals surface area contributed by atoms with Crippen LogP contribution in [-0.2, 0) is 4.74 Å². The lowest BCUT2D eigenvalue weighted by Gasteiger charge is -2.33. The van der Waals surface area contributed by atoms with Crippen molar-refractivity contribution in [3.05, 3.63) is 0 Å². The van der Waals surface area contributed by atoms with Gasteiger partial charge in [0.1, 0.15) is 0 Å². The smallest absolute Gasteiger partial charge is 0.193 e. The van der Waals surface area contributed by atoms with Crippen molar-refractivity contribution < 1.29 is 4.74 Å². The third-order valence-corrected chi connectivity index (χ3v) is 3.05. The Morgan fingerprint density at radius 2 is 2.15 bits per heavy atom. The molecule has 120 valence electrons. The van der Waals surface area contributed by atoms with Crippen molar-refractivity contribution in [3.8, 4) is 0 Å². The monoisotopic (exact) mass is 398 g/mol. The molecule has 1 aliphatic rings. The number of aliphatic imine (C=N–C) groups is 1. The average molecular weight is 398 g/mol.